The number of nitrogens with zero attached hydrogens (tertiary/aromatic N) is 3. The van der Waals surface area contributed by atoms with Crippen molar-refractivity contribution in [2.75, 3.05) is 13.1 Å². The summed E-state index contributed by atoms with van der Waals surface area (Å²) >= 11 is 7.00. The van der Waals surface area contributed by atoms with Gasteiger partial charge in [-0.3, -0.25) is 10.6 Å². The molecule has 6 heteroatoms. The molecule has 124 valence electrons. The van der Waals surface area contributed by atoms with E-state index in [9.17, 15) is 0 Å². The second-order valence-electron chi connectivity index (χ2n) is 5.98. The number of hydrogen-bond donors (Lipinski definition) is 2. The number of azide groups is 1. The van der Waals surface area contributed by atoms with E-state index in [4.69, 9.17) is 17.1 Å². The minimum absolute atomic E-state index is 0.0548. The van der Waals surface area contributed by atoms with Gasteiger partial charge in [-0.15, -0.1) is 11.6 Å². The van der Waals surface area contributed by atoms with Crippen LogP contribution in [-0.4, -0.2) is 24.1 Å². The van der Waals surface area contributed by atoms with Gasteiger partial charge in [-0.2, -0.15) is 0 Å². The van der Waals surface area contributed by atoms with E-state index < -0.39 is 10.9 Å². The lowest BCUT2D eigenvalue weighted by molar-refractivity contribution is 0.441. The molecule has 1 aliphatic rings. The van der Waals surface area contributed by atoms with E-state index >= 15 is 0 Å². The summed E-state index contributed by atoms with van der Waals surface area (Å²) in [6.45, 7) is 7.90. The molecule has 0 saturated carbocycles. The Balaban J connectivity index is 2.54. The first-order valence-corrected chi connectivity index (χ1v) is 8.35. The van der Waals surface area contributed by atoms with Gasteiger partial charge in [0.1, 0.15) is 0 Å². The highest BCUT2D eigenvalue weighted by molar-refractivity contribution is 6.26. The first-order chi connectivity index (χ1) is 11.0. The summed E-state index contributed by atoms with van der Waals surface area (Å²) in [7, 11) is 0. The summed E-state index contributed by atoms with van der Waals surface area (Å²) in [4.78, 5) is 2.39. The largest absolute Gasteiger partial charge is 0.299 e. The van der Waals surface area contributed by atoms with Crippen LogP contribution in [0.1, 0.15) is 38.8 Å². The molecule has 2 N–H and O–H groups in total. The predicted molar refractivity (Wildman–Crippen MR) is 95.4 cm³/mol. The van der Waals surface area contributed by atoms with Gasteiger partial charge in [0.25, 0.3) is 0 Å². The average molecular weight is 334 g/mol. The zero-order chi connectivity index (χ0) is 16.9. The number of benzene rings is 1. The fraction of sp³-hybridized carbons (Fsp3) is 0.529. The van der Waals surface area contributed by atoms with E-state index in [1.807, 2.05) is 37.3 Å². The molecule has 2 rings (SSSR count). The maximum Gasteiger partial charge on any atom is 0.0920 e. The maximum absolute atomic E-state index is 9.09. The van der Waals surface area contributed by atoms with Crippen LogP contribution < -0.4 is 10.6 Å². The molecule has 0 radical (unpaired) electrons. The van der Waals surface area contributed by atoms with Crippen molar-refractivity contribution in [3.63, 3.8) is 0 Å². The molecule has 0 amide bonds. The zero-order valence-corrected chi connectivity index (χ0v) is 14.6. The van der Waals surface area contributed by atoms with Gasteiger partial charge >= 0.3 is 0 Å². The van der Waals surface area contributed by atoms with Gasteiger partial charge in [0.15, 0.2) is 0 Å². The van der Waals surface area contributed by atoms with Crippen LogP contribution in [0.3, 0.4) is 0 Å². The predicted octanol–water partition coefficient (Wildman–Crippen LogP) is 4.28. The third kappa shape index (κ3) is 3.88. The molecule has 0 aliphatic carbocycles. The second kappa shape index (κ2) is 7.84. The van der Waals surface area contributed by atoms with Crippen molar-refractivity contribution in [1.82, 2.24) is 10.6 Å². The molecule has 1 aromatic rings. The Morgan fingerprint density at radius 3 is 2.52 bits per heavy atom. The van der Waals surface area contributed by atoms with Crippen molar-refractivity contribution in [3.05, 3.63) is 57.5 Å². The molecule has 1 aromatic carbocycles. The molecule has 1 heterocycles. The van der Waals surface area contributed by atoms with Crippen molar-refractivity contribution < 1.29 is 0 Å². The van der Waals surface area contributed by atoms with E-state index in [1.165, 1.54) is 0 Å². The number of hydrogen-bond acceptors (Lipinski definition) is 3. The molecule has 23 heavy (non-hydrogen) atoms. The van der Waals surface area contributed by atoms with Crippen molar-refractivity contribution in [3.8, 4) is 0 Å². The monoisotopic (exact) mass is 333 g/mol. The summed E-state index contributed by atoms with van der Waals surface area (Å²) in [5, 5.41) is 10.9. The smallest absolute Gasteiger partial charge is 0.0920 e. The minimum atomic E-state index is -0.689. The lowest BCUT2D eigenvalue weighted by Gasteiger charge is -2.36. The van der Waals surface area contributed by atoms with E-state index in [0.29, 0.717) is 0 Å². The number of rotatable bonds is 6. The molecule has 1 aliphatic heterocycles. The number of nitrogens with one attached hydrogen (secondary N) is 2. The van der Waals surface area contributed by atoms with Crippen molar-refractivity contribution in [1.29, 1.82) is 0 Å². The van der Waals surface area contributed by atoms with Crippen LogP contribution in [0.2, 0.25) is 0 Å². The fourth-order valence-corrected chi connectivity index (χ4v) is 3.55. The van der Waals surface area contributed by atoms with Gasteiger partial charge in [-0.25, -0.2) is 0 Å². The fourth-order valence-electron chi connectivity index (χ4n) is 3.13. The Hall–Kier alpha value is -1.52. The third-order valence-electron chi connectivity index (χ3n) is 4.44. The molecule has 5 nitrogen and oxygen atoms in total. The van der Waals surface area contributed by atoms with Crippen LogP contribution in [0.25, 0.3) is 10.4 Å². The van der Waals surface area contributed by atoms with Gasteiger partial charge in [-0.1, -0.05) is 47.9 Å². The molecule has 0 bridgehead atoms. The normalized spacial score (nSPS) is 20.3. The number of allylic oxidation sites excluding steroid dienone is 1. The third-order valence-corrected chi connectivity index (χ3v) is 4.86. The standard InChI is InChI=1S/C17H24ClN5/c1-4-12(2)14(17(3,18)16-20-10-11-21-16)15(22-23-19)13-8-6-5-7-9-13/h5-9,15-16,20-21H,4,10-11H2,1-3H3. The Bertz CT molecular complexity index is 599. The zero-order valence-electron chi connectivity index (χ0n) is 13.9. The Morgan fingerprint density at radius 2 is 2.00 bits per heavy atom. The molecule has 1 saturated heterocycles. The van der Waals surface area contributed by atoms with Crippen LogP contribution >= 0.6 is 11.6 Å². The van der Waals surface area contributed by atoms with E-state index in [0.717, 1.165) is 36.2 Å². The summed E-state index contributed by atoms with van der Waals surface area (Å²) in [5.74, 6) is 0. The van der Waals surface area contributed by atoms with Crippen LogP contribution in [0.15, 0.2) is 46.6 Å². The van der Waals surface area contributed by atoms with Gasteiger partial charge in [0.2, 0.25) is 0 Å². The van der Waals surface area contributed by atoms with Gasteiger partial charge in [0, 0.05) is 18.0 Å². The van der Waals surface area contributed by atoms with Gasteiger partial charge in [0.05, 0.1) is 17.1 Å². The van der Waals surface area contributed by atoms with Crippen LogP contribution in [0.5, 0.6) is 0 Å². The summed E-state index contributed by atoms with van der Waals surface area (Å²) < 4.78 is 0. The van der Waals surface area contributed by atoms with Crippen molar-refractivity contribution in [2.24, 2.45) is 5.11 Å². The van der Waals surface area contributed by atoms with E-state index in [2.05, 4.69) is 34.5 Å². The topological polar surface area (TPSA) is 72.8 Å². The highest BCUT2D eigenvalue weighted by Gasteiger charge is 2.41. The first-order valence-electron chi connectivity index (χ1n) is 7.97. The lowest BCUT2D eigenvalue weighted by Crippen LogP contribution is -2.50. The van der Waals surface area contributed by atoms with Crippen LogP contribution in [-0.2, 0) is 0 Å². The number of alkyl halides is 1. The molecular formula is C17H24ClN5. The minimum Gasteiger partial charge on any atom is -0.299 e. The van der Waals surface area contributed by atoms with E-state index in [-0.39, 0.29) is 6.17 Å². The lowest BCUT2D eigenvalue weighted by atomic mass is 9.83. The van der Waals surface area contributed by atoms with Crippen molar-refractivity contribution in [2.45, 2.75) is 44.3 Å². The SMILES string of the molecule is CCC(C)=C(C(N=[N+]=[N-])c1ccccc1)C(C)(Cl)C1NCCN1. The molecule has 0 spiro atoms. The Labute approximate surface area is 142 Å². The number of halogens is 1. The molecular weight excluding hydrogens is 310 g/mol. The van der Waals surface area contributed by atoms with Crippen LogP contribution in [0, 0.1) is 0 Å². The maximum atomic E-state index is 9.09. The van der Waals surface area contributed by atoms with Crippen molar-refractivity contribution >= 4 is 11.6 Å². The summed E-state index contributed by atoms with van der Waals surface area (Å²) in [6, 6.07) is 9.40. The molecule has 2 unspecified atom stereocenters. The molecule has 0 aromatic heterocycles. The quantitative estimate of drug-likeness (QED) is 0.268. The Kier molecular flexibility index (Phi) is 6.08. The van der Waals surface area contributed by atoms with Gasteiger partial charge in [-0.05, 0) is 36.9 Å². The average Bonchev–Trinajstić information content (AvgIpc) is 3.10. The summed E-state index contributed by atoms with van der Waals surface area (Å²) in [5.41, 5.74) is 12.2. The Morgan fingerprint density at radius 1 is 1.39 bits per heavy atom. The second-order valence-corrected chi connectivity index (χ2v) is 6.77. The van der Waals surface area contributed by atoms with Gasteiger partial charge < -0.3 is 0 Å². The molecule has 2 atom stereocenters. The first kappa shape index (κ1) is 17.8. The summed E-state index contributed by atoms with van der Waals surface area (Å²) in [6.07, 6.45) is 0.801. The highest BCUT2D eigenvalue weighted by atomic mass is 35.5. The van der Waals surface area contributed by atoms with E-state index in [1.54, 1.807) is 0 Å². The highest BCUT2D eigenvalue weighted by Crippen LogP contribution is 2.42. The van der Waals surface area contributed by atoms with Crippen LogP contribution in [0.4, 0.5) is 0 Å². The molecule has 1 fully saturated rings.